The third-order valence-electron chi connectivity index (χ3n) is 2.38. The summed E-state index contributed by atoms with van der Waals surface area (Å²) < 4.78 is 0. The van der Waals surface area contributed by atoms with Crippen molar-refractivity contribution >= 4 is 17.8 Å². The summed E-state index contributed by atoms with van der Waals surface area (Å²) in [4.78, 5) is 33.8. The number of carbonyl (C=O) groups excluding carboxylic acids is 2. The molecule has 0 saturated carbocycles. The first-order valence-corrected chi connectivity index (χ1v) is 6.04. The van der Waals surface area contributed by atoms with Crippen molar-refractivity contribution in [1.82, 2.24) is 10.6 Å². The van der Waals surface area contributed by atoms with Gasteiger partial charge in [-0.2, -0.15) is 0 Å². The zero-order chi connectivity index (χ0) is 15.2. The predicted octanol–water partition coefficient (Wildman–Crippen LogP) is 0.828. The van der Waals surface area contributed by atoms with Crippen molar-refractivity contribution in [3.8, 4) is 0 Å². The molecule has 0 fully saturated rings. The summed E-state index contributed by atoms with van der Waals surface area (Å²) in [5.41, 5.74) is -0.169. The Labute approximate surface area is 113 Å². The van der Waals surface area contributed by atoms with Crippen molar-refractivity contribution in [3.63, 3.8) is 0 Å². The van der Waals surface area contributed by atoms with Crippen molar-refractivity contribution in [1.29, 1.82) is 0 Å². The van der Waals surface area contributed by atoms with Crippen LogP contribution in [-0.4, -0.2) is 35.0 Å². The molecular weight excluding hydrogens is 248 g/mol. The second-order valence-corrected chi connectivity index (χ2v) is 5.36. The first-order chi connectivity index (χ1) is 8.54. The van der Waals surface area contributed by atoms with Crippen molar-refractivity contribution in [2.45, 2.75) is 46.6 Å². The fraction of sp³-hybridized carbons (Fsp3) is 0.615. The van der Waals surface area contributed by atoms with Crippen LogP contribution in [0.1, 0.15) is 41.0 Å². The van der Waals surface area contributed by atoms with Gasteiger partial charge in [0.2, 0.25) is 11.8 Å². The molecule has 108 valence electrons. The Kier molecular flexibility index (Phi) is 6.24. The Morgan fingerprint density at radius 3 is 2.00 bits per heavy atom. The molecular formula is C13H22N2O4. The van der Waals surface area contributed by atoms with Crippen LogP contribution in [0.2, 0.25) is 0 Å². The number of amides is 2. The smallest absolute Gasteiger partial charge is 0.331 e. The highest BCUT2D eigenvalue weighted by atomic mass is 16.4. The molecule has 0 aliphatic heterocycles. The Morgan fingerprint density at radius 1 is 1.05 bits per heavy atom. The van der Waals surface area contributed by atoms with Crippen LogP contribution in [0.3, 0.4) is 0 Å². The Morgan fingerprint density at radius 2 is 1.58 bits per heavy atom. The fourth-order valence-corrected chi connectivity index (χ4v) is 1.23. The first-order valence-electron chi connectivity index (χ1n) is 6.04. The Balaban J connectivity index is 4.23. The molecule has 0 spiro atoms. The minimum atomic E-state index is -1.13. The van der Waals surface area contributed by atoms with Gasteiger partial charge in [-0.3, -0.25) is 9.59 Å². The van der Waals surface area contributed by atoms with Crippen LogP contribution in [0.5, 0.6) is 0 Å². The van der Waals surface area contributed by atoms with E-state index in [1.54, 1.807) is 0 Å². The maximum Gasteiger partial charge on any atom is 0.331 e. The van der Waals surface area contributed by atoms with Crippen LogP contribution >= 0.6 is 0 Å². The highest BCUT2D eigenvalue weighted by Gasteiger charge is 2.15. The van der Waals surface area contributed by atoms with E-state index in [1.165, 1.54) is 13.8 Å². The molecule has 0 radical (unpaired) electrons. The molecule has 19 heavy (non-hydrogen) atoms. The van der Waals surface area contributed by atoms with E-state index in [-0.39, 0.29) is 35.6 Å². The van der Waals surface area contributed by atoms with Crippen molar-refractivity contribution in [2.75, 3.05) is 6.54 Å². The van der Waals surface area contributed by atoms with Crippen LogP contribution in [-0.2, 0) is 14.4 Å². The fourth-order valence-electron chi connectivity index (χ4n) is 1.23. The second kappa shape index (κ2) is 6.92. The van der Waals surface area contributed by atoms with Gasteiger partial charge < -0.3 is 15.7 Å². The summed E-state index contributed by atoms with van der Waals surface area (Å²) in [7, 11) is 0. The Hall–Kier alpha value is -1.85. The molecule has 0 rings (SSSR count). The van der Waals surface area contributed by atoms with E-state index >= 15 is 0 Å². The van der Waals surface area contributed by atoms with Gasteiger partial charge in [0.1, 0.15) is 0 Å². The summed E-state index contributed by atoms with van der Waals surface area (Å²) in [5, 5.41) is 14.0. The third kappa shape index (κ3) is 7.23. The number of carboxylic acids is 1. The van der Waals surface area contributed by atoms with Gasteiger partial charge in [0.25, 0.3) is 0 Å². The van der Waals surface area contributed by atoms with Gasteiger partial charge in [0, 0.05) is 29.7 Å². The molecule has 0 heterocycles. The van der Waals surface area contributed by atoms with Gasteiger partial charge >= 0.3 is 5.97 Å². The highest BCUT2D eigenvalue weighted by molar-refractivity contribution is 6.01. The molecule has 0 atom stereocenters. The standard InChI is InChI=1S/C13H22N2O4/c1-8(9(2)12(18)19)11(17)14-7-6-10(16)15-13(3,4)5/h6-7H2,1-5H3,(H,14,17)(H,15,16)(H,18,19). The lowest BCUT2D eigenvalue weighted by atomic mass is 10.1. The maximum atomic E-state index is 11.6. The molecule has 0 aromatic carbocycles. The van der Waals surface area contributed by atoms with E-state index in [9.17, 15) is 14.4 Å². The zero-order valence-electron chi connectivity index (χ0n) is 12.1. The van der Waals surface area contributed by atoms with Gasteiger partial charge in [0.05, 0.1) is 0 Å². The van der Waals surface area contributed by atoms with Crippen LogP contribution in [0, 0.1) is 0 Å². The number of rotatable bonds is 5. The average molecular weight is 270 g/mol. The summed E-state index contributed by atoms with van der Waals surface area (Å²) >= 11 is 0. The molecule has 6 nitrogen and oxygen atoms in total. The van der Waals surface area contributed by atoms with Crippen LogP contribution in [0.15, 0.2) is 11.1 Å². The van der Waals surface area contributed by atoms with Gasteiger partial charge in [-0.25, -0.2) is 4.79 Å². The molecule has 0 aromatic rings. The second-order valence-electron chi connectivity index (χ2n) is 5.36. The zero-order valence-corrected chi connectivity index (χ0v) is 12.1. The van der Waals surface area contributed by atoms with Crippen LogP contribution in [0.25, 0.3) is 0 Å². The van der Waals surface area contributed by atoms with Gasteiger partial charge in [-0.05, 0) is 34.6 Å². The summed E-state index contributed by atoms with van der Waals surface area (Å²) in [6.45, 7) is 8.58. The van der Waals surface area contributed by atoms with Gasteiger partial charge in [-0.15, -0.1) is 0 Å². The predicted molar refractivity (Wildman–Crippen MR) is 71.5 cm³/mol. The first kappa shape index (κ1) is 17.2. The van der Waals surface area contributed by atoms with Gasteiger partial charge in [0.15, 0.2) is 0 Å². The normalized spacial score (nSPS) is 12.5. The average Bonchev–Trinajstić information content (AvgIpc) is 2.24. The topological polar surface area (TPSA) is 95.5 Å². The monoisotopic (exact) mass is 270 g/mol. The van der Waals surface area contributed by atoms with Crippen LogP contribution < -0.4 is 10.6 Å². The molecule has 0 aromatic heterocycles. The number of hydrogen-bond donors (Lipinski definition) is 3. The van der Waals surface area contributed by atoms with E-state index in [4.69, 9.17) is 5.11 Å². The van der Waals surface area contributed by atoms with Crippen molar-refractivity contribution in [3.05, 3.63) is 11.1 Å². The molecule has 0 aliphatic rings. The lowest BCUT2D eigenvalue weighted by Gasteiger charge is -2.20. The van der Waals surface area contributed by atoms with E-state index < -0.39 is 11.9 Å². The van der Waals surface area contributed by atoms with Crippen molar-refractivity contribution in [2.24, 2.45) is 0 Å². The largest absolute Gasteiger partial charge is 0.478 e. The molecule has 0 saturated heterocycles. The third-order valence-corrected chi connectivity index (χ3v) is 2.38. The minimum absolute atomic E-state index is 0.00311. The molecule has 3 N–H and O–H groups in total. The minimum Gasteiger partial charge on any atom is -0.478 e. The maximum absolute atomic E-state index is 11.6. The van der Waals surface area contributed by atoms with E-state index in [0.717, 1.165) is 0 Å². The lowest BCUT2D eigenvalue weighted by molar-refractivity contribution is -0.133. The summed E-state index contributed by atoms with van der Waals surface area (Å²) in [5.74, 6) is -1.76. The molecule has 2 amide bonds. The van der Waals surface area contributed by atoms with Gasteiger partial charge in [-0.1, -0.05) is 0 Å². The van der Waals surface area contributed by atoms with Crippen molar-refractivity contribution < 1.29 is 19.5 Å². The summed E-state index contributed by atoms with van der Waals surface area (Å²) in [6, 6.07) is 0. The highest BCUT2D eigenvalue weighted by Crippen LogP contribution is 2.03. The van der Waals surface area contributed by atoms with E-state index in [1.807, 2.05) is 20.8 Å². The Bertz CT molecular complexity index is 405. The number of carboxylic acid groups (broad SMARTS) is 1. The van der Waals surface area contributed by atoms with E-state index in [2.05, 4.69) is 10.6 Å². The number of nitrogens with one attached hydrogen (secondary N) is 2. The molecule has 0 unspecified atom stereocenters. The number of carbonyl (C=O) groups is 3. The lowest BCUT2D eigenvalue weighted by Crippen LogP contribution is -2.42. The SMILES string of the molecule is CC(C(=O)O)=C(C)C(=O)NCCC(=O)NC(C)(C)C. The molecule has 0 bridgehead atoms. The summed E-state index contributed by atoms with van der Waals surface area (Å²) in [6.07, 6.45) is 0.155. The number of hydrogen-bond acceptors (Lipinski definition) is 3. The quantitative estimate of drug-likeness (QED) is 0.645. The number of aliphatic carboxylic acids is 1. The van der Waals surface area contributed by atoms with E-state index in [0.29, 0.717) is 0 Å². The molecule has 0 aliphatic carbocycles. The molecule has 6 heteroatoms. The van der Waals surface area contributed by atoms with Crippen LogP contribution in [0.4, 0.5) is 0 Å².